The monoisotopic (exact) mass is 334 g/mol. The first-order valence-corrected chi connectivity index (χ1v) is 7.64. The number of carbonyl (C=O) groups is 2. The van der Waals surface area contributed by atoms with Crippen molar-refractivity contribution < 1.29 is 9.59 Å². The number of rotatable bonds is 6. The Morgan fingerprint density at radius 1 is 1.26 bits per heavy atom. The van der Waals surface area contributed by atoms with Crippen molar-refractivity contribution in [2.75, 3.05) is 13.1 Å². The first kappa shape index (κ1) is 17.0. The summed E-state index contributed by atoms with van der Waals surface area (Å²) in [5.74, 6) is -0.571. The van der Waals surface area contributed by atoms with Gasteiger partial charge in [0.05, 0.1) is 12.2 Å². The first-order valence-electron chi connectivity index (χ1n) is 7.26. The molecule has 6 nitrogen and oxygen atoms in total. The highest BCUT2D eigenvalue weighted by molar-refractivity contribution is 6.31. The van der Waals surface area contributed by atoms with Gasteiger partial charge >= 0.3 is 0 Å². The Morgan fingerprint density at radius 3 is 2.65 bits per heavy atom. The lowest BCUT2D eigenvalue weighted by molar-refractivity contribution is -0.120. The van der Waals surface area contributed by atoms with Crippen LogP contribution in [0.25, 0.3) is 0 Å². The summed E-state index contributed by atoms with van der Waals surface area (Å²) < 4.78 is 1.49. The van der Waals surface area contributed by atoms with Gasteiger partial charge in [0.15, 0.2) is 0 Å². The van der Waals surface area contributed by atoms with E-state index in [1.54, 1.807) is 20.0 Å². The molecule has 0 bridgehead atoms. The molecule has 0 radical (unpaired) electrons. The Labute approximate surface area is 139 Å². The maximum Gasteiger partial charge on any atom is 0.269 e. The molecule has 0 saturated carbocycles. The standard InChI is InChI=1S/C16H19ClN4O2/c1-11-9-14(21(2)20-11)16(23)19-10-15(22)18-8-7-12-5-3-4-6-13(12)17/h3-6,9H,7-8,10H2,1-2H3,(H,18,22)(H,19,23). The zero-order chi connectivity index (χ0) is 16.8. The average molecular weight is 335 g/mol. The normalized spacial score (nSPS) is 10.4. The fourth-order valence-electron chi connectivity index (χ4n) is 2.17. The summed E-state index contributed by atoms with van der Waals surface area (Å²) in [5, 5.41) is 10.1. The molecule has 0 fully saturated rings. The zero-order valence-electron chi connectivity index (χ0n) is 13.1. The summed E-state index contributed by atoms with van der Waals surface area (Å²) in [6.07, 6.45) is 0.639. The minimum atomic E-state index is -0.325. The molecule has 122 valence electrons. The molecule has 1 aromatic carbocycles. The third-order valence-electron chi connectivity index (χ3n) is 3.32. The number of halogens is 1. The molecule has 0 saturated heterocycles. The van der Waals surface area contributed by atoms with Gasteiger partial charge < -0.3 is 10.6 Å². The van der Waals surface area contributed by atoms with Crippen molar-refractivity contribution >= 4 is 23.4 Å². The minimum Gasteiger partial charge on any atom is -0.354 e. The van der Waals surface area contributed by atoms with Gasteiger partial charge in [-0.3, -0.25) is 14.3 Å². The summed E-state index contributed by atoms with van der Waals surface area (Å²) in [6, 6.07) is 9.17. The molecule has 2 N–H and O–H groups in total. The molecule has 0 atom stereocenters. The number of amides is 2. The van der Waals surface area contributed by atoms with Crippen LogP contribution in [0.15, 0.2) is 30.3 Å². The van der Waals surface area contributed by atoms with Crippen LogP contribution in [-0.4, -0.2) is 34.7 Å². The van der Waals surface area contributed by atoms with Gasteiger partial charge in [0.25, 0.3) is 5.91 Å². The number of carbonyl (C=O) groups excluding carboxylic acids is 2. The first-order chi connectivity index (χ1) is 11.0. The minimum absolute atomic E-state index is 0.0778. The van der Waals surface area contributed by atoms with Crippen LogP contribution in [0.3, 0.4) is 0 Å². The predicted molar refractivity (Wildman–Crippen MR) is 88.4 cm³/mol. The van der Waals surface area contributed by atoms with Crippen LogP contribution in [0.5, 0.6) is 0 Å². The van der Waals surface area contributed by atoms with E-state index in [0.29, 0.717) is 23.7 Å². The van der Waals surface area contributed by atoms with Crippen molar-refractivity contribution in [2.45, 2.75) is 13.3 Å². The van der Waals surface area contributed by atoms with Crippen molar-refractivity contribution in [1.29, 1.82) is 0 Å². The van der Waals surface area contributed by atoms with E-state index in [2.05, 4.69) is 15.7 Å². The van der Waals surface area contributed by atoms with Gasteiger partial charge in [0.2, 0.25) is 5.91 Å². The van der Waals surface area contributed by atoms with Crippen LogP contribution in [0.4, 0.5) is 0 Å². The highest BCUT2D eigenvalue weighted by Gasteiger charge is 2.12. The van der Waals surface area contributed by atoms with Gasteiger partial charge in [-0.05, 0) is 31.0 Å². The van der Waals surface area contributed by atoms with E-state index < -0.39 is 0 Å². The van der Waals surface area contributed by atoms with Crippen molar-refractivity contribution in [1.82, 2.24) is 20.4 Å². The Kier molecular flexibility index (Phi) is 5.76. The molecule has 1 heterocycles. The highest BCUT2D eigenvalue weighted by atomic mass is 35.5. The molecule has 0 spiro atoms. The summed E-state index contributed by atoms with van der Waals surface area (Å²) in [5.41, 5.74) is 2.15. The van der Waals surface area contributed by atoms with Crippen LogP contribution >= 0.6 is 11.6 Å². The van der Waals surface area contributed by atoms with Crippen LogP contribution in [0, 0.1) is 6.92 Å². The Hall–Kier alpha value is -2.34. The largest absolute Gasteiger partial charge is 0.354 e. The second kappa shape index (κ2) is 7.78. The molecule has 0 unspecified atom stereocenters. The fourth-order valence-corrected chi connectivity index (χ4v) is 2.40. The van der Waals surface area contributed by atoms with E-state index in [1.165, 1.54) is 4.68 Å². The van der Waals surface area contributed by atoms with Crippen molar-refractivity contribution in [3.63, 3.8) is 0 Å². The zero-order valence-corrected chi connectivity index (χ0v) is 13.9. The number of hydrogen-bond donors (Lipinski definition) is 2. The van der Waals surface area contributed by atoms with E-state index >= 15 is 0 Å². The molecule has 7 heteroatoms. The molecule has 2 amide bonds. The average Bonchev–Trinajstić information content (AvgIpc) is 2.85. The highest BCUT2D eigenvalue weighted by Crippen LogP contribution is 2.14. The third kappa shape index (κ3) is 4.82. The number of nitrogens with one attached hydrogen (secondary N) is 2. The molecule has 23 heavy (non-hydrogen) atoms. The number of benzene rings is 1. The van der Waals surface area contributed by atoms with E-state index in [-0.39, 0.29) is 18.4 Å². The van der Waals surface area contributed by atoms with Crippen molar-refractivity contribution in [2.24, 2.45) is 7.05 Å². The van der Waals surface area contributed by atoms with Crippen molar-refractivity contribution in [3.8, 4) is 0 Å². The van der Waals surface area contributed by atoms with E-state index in [0.717, 1.165) is 11.3 Å². The van der Waals surface area contributed by atoms with Crippen molar-refractivity contribution in [3.05, 3.63) is 52.3 Å². The van der Waals surface area contributed by atoms with Gasteiger partial charge in [-0.15, -0.1) is 0 Å². The molecule has 0 aliphatic carbocycles. The van der Waals surface area contributed by atoms with Gasteiger partial charge in [0.1, 0.15) is 5.69 Å². The lowest BCUT2D eigenvalue weighted by Crippen LogP contribution is -2.38. The van der Waals surface area contributed by atoms with Gasteiger partial charge in [0, 0.05) is 18.6 Å². The SMILES string of the molecule is Cc1cc(C(=O)NCC(=O)NCCc2ccccc2Cl)n(C)n1. The summed E-state index contributed by atoms with van der Waals surface area (Å²) in [6.45, 7) is 2.19. The molecular weight excluding hydrogens is 316 g/mol. The van der Waals surface area contributed by atoms with E-state index in [9.17, 15) is 9.59 Å². The van der Waals surface area contributed by atoms with E-state index in [4.69, 9.17) is 11.6 Å². The number of nitrogens with zero attached hydrogens (tertiary/aromatic N) is 2. The molecule has 0 aliphatic heterocycles. The van der Waals surface area contributed by atoms with Gasteiger partial charge in [-0.1, -0.05) is 29.8 Å². The molecule has 2 rings (SSSR count). The van der Waals surface area contributed by atoms with Gasteiger partial charge in [-0.25, -0.2) is 0 Å². The van der Waals surface area contributed by atoms with E-state index in [1.807, 2.05) is 24.3 Å². The number of aromatic nitrogens is 2. The third-order valence-corrected chi connectivity index (χ3v) is 3.69. The van der Waals surface area contributed by atoms with Crippen LogP contribution < -0.4 is 10.6 Å². The summed E-state index contributed by atoms with van der Waals surface area (Å²) >= 11 is 6.05. The molecule has 0 aliphatic rings. The molecular formula is C16H19ClN4O2. The number of hydrogen-bond acceptors (Lipinski definition) is 3. The molecule has 2 aromatic rings. The second-order valence-electron chi connectivity index (χ2n) is 5.17. The lowest BCUT2D eigenvalue weighted by atomic mass is 10.1. The second-order valence-corrected chi connectivity index (χ2v) is 5.58. The maximum absolute atomic E-state index is 12.0. The molecule has 1 aromatic heterocycles. The van der Waals surface area contributed by atoms with Crippen LogP contribution in [-0.2, 0) is 18.3 Å². The Balaban J connectivity index is 1.74. The van der Waals surface area contributed by atoms with Gasteiger partial charge in [-0.2, -0.15) is 5.10 Å². The Morgan fingerprint density at radius 2 is 2.00 bits per heavy atom. The summed E-state index contributed by atoms with van der Waals surface area (Å²) in [7, 11) is 1.69. The smallest absolute Gasteiger partial charge is 0.269 e. The lowest BCUT2D eigenvalue weighted by Gasteiger charge is -2.08. The number of aryl methyl sites for hydroxylation is 2. The maximum atomic E-state index is 12.0. The topological polar surface area (TPSA) is 76.0 Å². The fraction of sp³-hybridized carbons (Fsp3) is 0.312. The van der Waals surface area contributed by atoms with Crippen LogP contribution in [0.2, 0.25) is 5.02 Å². The summed E-state index contributed by atoms with van der Waals surface area (Å²) in [4.78, 5) is 23.7. The Bertz CT molecular complexity index is 712. The van der Waals surface area contributed by atoms with Crippen LogP contribution in [0.1, 0.15) is 21.7 Å². The quantitative estimate of drug-likeness (QED) is 0.840. The predicted octanol–water partition coefficient (Wildman–Crippen LogP) is 1.47.